The Kier molecular flexibility index (Phi) is 6.54. The Labute approximate surface area is 212 Å². The summed E-state index contributed by atoms with van der Waals surface area (Å²) >= 11 is 0. The van der Waals surface area contributed by atoms with E-state index in [1.165, 1.54) is 11.1 Å². The third-order valence-electron chi connectivity index (χ3n) is 11.8. The van der Waals surface area contributed by atoms with E-state index < -0.39 is 23.4 Å². The summed E-state index contributed by atoms with van der Waals surface area (Å²) in [6.07, 6.45) is 9.14. The van der Waals surface area contributed by atoms with Gasteiger partial charge in [-0.25, -0.2) is 0 Å². The van der Waals surface area contributed by atoms with E-state index in [4.69, 9.17) is 0 Å². The van der Waals surface area contributed by atoms with Crippen LogP contribution >= 0.6 is 0 Å². The molecule has 0 aromatic carbocycles. The average Bonchev–Trinajstić information content (AvgIpc) is 2.98. The molecule has 4 nitrogen and oxygen atoms in total. The minimum atomic E-state index is -0.744. The van der Waals surface area contributed by atoms with Crippen LogP contribution in [0.3, 0.4) is 0 Å². The number of rotatable bonds is 6. The lowest BCUT2D eigenvalue weighted by molar-refractivity contribution is -0.146. The quantitative estimate of drug-likeness (QED) is 0.374. The molecule has 0 aromatic heterocycles. The van der Waals surface area contributed by atoms with Gasteiger partial charge in [-0.3, -0.25) is 4.79 Å². The zero-order chi connectivity index (χ0) is 26.1. The summed E-state index contributed by atoms with van der Waals surface area (Å²) < 4.78 is 0. The fourth-order valence-corrected chi connectivity index (χ4v) is 8.81. The van der Waals surface area contributed by atoms with Crippen LogP contribution < -0.4 is 0 Å². The van der Waals surface area contributed by atoms with Crippen molar-refractivity contribution in [2.24, 2.45) is 45.3 Å². The number of carboxylic acid groups (broad SMARTS) is 1. The molecule has 0 aliphatic heterocycles. The van der Waals surface area contributed by atoms with E-state index in [9.17, 15) is 20.1 Å². The maximum Gasteiger partial charge on any atom is 0.306 e. The van der Waals surface area contributed by atoms with Gasteiger partial charge in [0.1, 0.15) is 0 Å². The number of aliphatic hydroxyl groups excluding tert-OH is 2. The van der Waals surface area contributed by atoms with Crippen molar-refractivity contribution >= 4 is 5.97 Å². The third kappa shape index (κ3) is 3.64. The van der Waals surface area contributed by atoms with E-state index in [-0.39, 0.29) is 28.3 Å². The summed E-state index contributed by atoms with van der Waals surface area (Å²) in [6.45, 7) is 19.6. The van der Waals surface area contributed by atoms with E-state index in [1.54, 1.807) is 0 Å². The molecule has 0 bridgehead atoms. The van der Waals surface area contributed by atoms with Crippen molar-refractivity contribution in [2.75, 3.05) is 0 Å². The first-order valence-electron chi connectivity index (χ1n) is 13.8. The molecular weight excluding hydrogens is 436 g/mol. The van der Waals surface area contributed by atoms with Crippen molar-refractivity contribution in [1.82, 2.24) is 0 Å². The van der Waals surface area contributed by atoms with E-state index >= 15 is 0 Å². The van der Waals surface area contributed by atoms with Gasteiger partial charge in [-0.05, 0) is 90.1 Å². The highest BCUT2D eigenvalue weighted by Crippen LogP contribution is 2.71. The molecule has 0 amide bonds. The topological polar surface area (TPSA) is 77.8 Å². The molecule has 2 fully saturated rings. The number of fused-ring (bicyclic) bond motifs is 5. The van der Waals surface area contributed by atoms with Gasteiger partial charge in [0, 0.05) is 5.41 Å². The van der Waals surface area contributed by atoms with Gasteiger partial charge in [0.05, 0.1) is 18.1 Å². The standard InChI is InChI=1S/C31H48O4/c1-18(2)19(3)9-10-20(27(34)35)23-17-26(33)31(8)22-11-12-24-28(4,5)25(32)14-15-29(24,6)21(22)13-16-30(23,31)7/h11,13,18,20,23-26,32-33H,3,9-10,12,14-17H2,1-2,4-8H3,(H,34,35)/t20-,23-,24?,25+,26+,29-,30-,31-/m1/s1. The van der Waals surface area contributed by atoms with Crippen LogP contribution in [0.2, 0.25) is 0 Å². The van der Waals surface area contributed by atoms with Gasteiger partial charge in [0.15, 0.2) is 0 Å². The average molecular weight is 485 g/mol. The van der Waals surface area contributed by atoms with Gasteiger partial charge in [-0.1, -0.05) is 72.8 Å². The predicted molar refractivity (Wildman–Crippen MR) is 141 cm³/mol. The summed E-state index contributed by atoms with van der Waals surface area (Å²) in [5.74, 6) is -0.623. The second kappa shape index (κ2) is 8.58. The monoisotopic (exact) mass is 484 g/mol. The molecule has 4 heteroatoms. The van der Waals surface area contributed by atoms with Crippen molar-refractivity contribution < 1.29 is 20.1 Å². The Balaban J connectivity index is 1.73. The fraction of sp³-hybridized carbons (Fsp3) is 0.774. The lowest BCUT2D eigenvalue weighted by atomic mass is 9.44. The van der Waals surface area contributed by atoms with Crippen molar-refractivity contribution in [3.63, 3.8) is 0 Å². The largest absolute Gasteiger partial charge is 0.481 e. The Morgan fingerprint density at radius 1 is 1.09 bits per heavy atom. The first kappa shape index (κ1) is 26.7. The van der Waals surface area contributed by atoms with Gasteiger partial charge < -0.3 is 15.3 Å². The molecular formula is C31H48O4. The molecule has 196 valence electrons. The summed E-state index contributed by atoms with van der Waals surface area (Å²) in [5.41, 5.74) is 2.72. The highest BCUT2D eigenvalue weighted by Gasteiger charge is 2.67. The highest BCUT2D eigenvalue weighted by molar-refractivity contribution is 5.71. The molecule has 1 unspecified atom stereocenters. The Morgan fingerprint density at radius 3 is 2.34 bits per heavy atom. The number of hydrogen-bond acceptors (Lipinski definition) is 3. The molecule has 0 aromatic rings. The first-order valence-corrected chi connectivity index (χ1v) is 13.8. The van der Waals surface area contributed by atoms with Crippen LogP contribution in [0.15, 0.2) is 35.5 Å². The van der Waals surface area contributed by atoms with Crippen LogP contribution in [-0.2, 0) is 4.79 Å². The van der Waals surface area contributed by atoms with Crippen molar-refractivity contribution in [1.29, 1.82) is 0 Å². The molecule has 0 radical (unpaired) electrons. The smallest absolute Gasteiger partial charge is 0.306 e. The summed E-state index contributed by atoms with van der Waals surface area (Å²) in [5, 5.41) is 32.8. The Hall–Kier alpha value is -1.39. The third-order valence-corrected chi connectivity index (χ3v) is 11.8. The van der Waals surface area contributed by atoms with Crippen LogP contribution in [0.1, 0.15) is 93.4 Å². The predicted octanol–water partition coefficient (Wildman–Crippen LogP) is 6.54. The second-order valence-corrected chi connectivity index (χ2v) is 13.8. The molecule has 4 rings (SSSR count). The number of allylic oxidation sites excluding steroid dienone is 4. The molecule has 0 spiro atoms. The Morgan fingerprint density at radius 2 is 1.74 bits per heavy atom. The number of carbonyl (C=O) groups is 1. The SMILES string of the molecule is C=C(CC[C@@H](C(=O)O)[C@H]1C[C@H](O)[C@@]2(C)C3=CCC4C(C)(C)[C@@H](O)CC[C@]4(C)C3=CC[C@]12C)C(C)C. The van der Waals surface area contributed by atoms with Crippen LogP contribution in [0.5, 0.6) is 0 Å². The number of aliphatic carboxylic acids is 1. The molecule has 35 heavy (non-hydrogen) atoms. The van der Waals surface area contributed by atoms with Crippen LogP contribution in [-0.4, -0.2) is 33.5 Å². The second-order valence-electron chi connectivity index (χ2n) is 13.8. The molecule has 0 saturated heterocycles. The Bertz CT molecular complexity index is 957. The van der Waals surface area contributed by atoms with E-state index in [1.807, 2.05) is 0 Å². The van der Waals surface area contributed by atoms with E-state index in [2.05, 4.69) is 67.2 Å². The van der Waals surface area contributed by atoms with Gasteiger partial charge in [-0.2, -0.15) is 0 Å². The maximum atomic E-state index is 12.6. The summed E-state index contributed by atoms with van der Waals surface area (Å²) in [7, 11) is 0. The zero-order valence-corrected chi connectivity index (χ0v) is 23.0. The van der Waals surface area contributed by atoms with Crippen LogP contribution in [0, 0.1) is 45.3 Å². The van der Waals surface area contributed by atoms with Gasteiger partial charge in [0.25, 0.3) is 0 Å². The lowest BCUT2D eigenvalue weighted by Gasteiger charge is -2.61. The minimum absolute atomic E-state index is 0.0316. The molecule has 0 heterocycles. The number of hydrogen-bond donors (Lipinski definition) is 3. The number of carboxylic acids is 1. The molecule has 3 N–H and O–H groups in total. The van der Waals surface area contributed by atoms with Gasteiger partial charge in [-0.15, -0.1) is 0 Å². The normalized spacial score (nSPS) is 42.9. The lowest BCUT2D eigenvalue weighted by Crippen LogP contribution is -2.55. The molecule has 4 aliphatic rings. The summed E-state index contributed by atoms with van der Waals surface area (Å²) in [6, 6.07) is 0. The fourth-order valence-electron chi connectivity index (χ4n) is 8.81. The molecule has 8 atom stereocenters. The van der Waals surface area contributed by atoms with Crippen LogP contribution in [0.25, 0.3) is 0 Å². The van der Waals surface area contributed by atoms with Crippen molar-refractivity contribution in [2.45, 2.75) is 106 Å². The zero-order valence-electron chi connectivity index (χ0n) is 23.0. The molecule has 4 aliphatic carbocycles. The summed E-state index contributed by atoms with van der Waals surface area (Å²) in [4.78, 5) is 12.6. The first-order chi connectivity index (χ1) is 16.1. The molecule has 2 saturated carbocycles. The number of aliphatic hydroxyl groups is 2. The van der Waals surface area contributed by atoms with Crippen LogP contribution in [0.4, 0.5) is 0 Å². The van der Waals surface area contributed by atoms with E-state index in [0.717, 1.165) is 37.7 Å². The minimum Gasteiger partial charge on any atom is -0.481 e. The van der Waals surface area contributed by atoms with Crippen molar-refractivity contribution in [3.8, 4) is 0 Å². The maximum absolute atomic E-state index is 12.6. The van der Waals surface area contributed by atoms with Crippen molar-refractivity contribution in [3.05, 3.63) is 35.5 Å². The van der Waals surface area contributed by atoms with Gasteiger partial charge >= 0.3 is 5.97 Å². The highest BCUT2D eigenvalue weighted by atomic mass is 16.4. The van der Waals surface area contributed by atoms with E-state index in [0.29, 0.717) is 24.7 Å². The van der Waals surface area contributed by atoms with Gasteiger partial charge in [0.2, 0.25) is 0 Å².